The molecular weight excluding hydrogens is 398 g/mol. The molecular formula is C22H25N5O2S. The lowest BCUT2D eigenvalue weighted by Gasteiger charge is -2.27. The highest BCUT2D eigenvalue weighted by Crippen LogP contribution is 2.28. The van der Waals surface area contributed by atoms with Crippen LogP contribution in [0.15, 0.2) is 59.8 Å². The summed E-state index contributed by atoms with van der Waals surface area (Å²) in [7, 11) is 1.60. The molecule has 4 rings (SSSR count). The first-order valence-corrected chi connectivity index (χ1v) is 11.1. The first kappa shape index (κ1) is 20.3. The molecule has 30 heavy (non-hydrogen) atoms. The maximum atomic E-state index is 12.5. The number of ether oxygens (including phenoxy) is 1. The Hall–Kier alpha value is -3.00. The van der Waals surface area contributed by atoms with E-state index in [0.29, 0.717) is 16.6 Å². The molecule has 1 aromatic heterocycles. The van der Waals surface area contributed by atoms with E-state index in [2.05, 4.69) is 25.0 Å². The zero-order chi connectivity index (χ0) is 20.8. The second-order valence-electron chi connectivity index (χ2n) is 7.07. The lowest BCUT2D eigenvalue weighted by molar-refractivity contribution is -0.113. The lowest BCUT2D eigenvalue weighted by Crippen LogP contribution is -2.31. The number of carbonyl (C=O) groups is 1. The van der Waals surface area contributed by atoms with E-state index < -0.39 is 0 Å². The topological polar surface area (TPSA) is 72.3 Å². The van der Waals surface area contributed by atoms with E-state index in [4.69, 9.17) is 4.74 Å². The molecule has 0 aliphatic carbocycles. The molecule has 8 heteroatoms. The molecule has 1 saturated heterocycles. The van der Waals surface area contributed by atoms with Gasteiger partial charge in [0.25, 0.3) is 0 Å². The van der Waals surface area contributed by atoms with Gasteiger partial charge >= 0.3 is 0 Å². The minimum atomic E-state index is -0.101. The monoisotopic (exact) mass is 423 g/mol. The van der Waals surface area contributed by atoms with E-state index in [0.717, 1.165) is 37.6 Å². The highest BCUT2D eigenvalue weighted by Gasteiger charge is 2.22. The van der Waals surface area contributed by atoms with Crippen LogP contribution in [0.1, 0.15) is 19.3 Å². The number of anilines is 2. The van der Waals surface area contributed by atoms with E-state index >= 15 is 0 Å². The quantitative estimate of drug-likeness (QED) is 0.579. The second-order valence-corrected chi connectivity index (χ2v) is 8.01. The minimum absolute atomic E-state index is 0.101. The van der Waals surface area contributed by atoms with Crippen molar-refractivity contribution in [3.63, 3.8) is 0 Å². The third kappa shape index (κ3) is 4.76. The predicted octanol–water partition coefficient (Wildman–Crippen LogP) is 4.00. The molecule has 0 atom stereocenters. The third-order valence-electron chi connectivity index (χ3n) is 4.96. The van der Waals surface area contributed by atoms with Crippen LogP contribution in [0.5, 0.6) is 5.75 Å². The molecule has 0 unspecified atom stereocenters. The number of hydrogen-bond donors (Lipinski definition) is 1. The molecule has 1 aliphatic heterocycles. The van der Waals surface area contributed by atoms with Gasteiger partial charge in [-0.25, -0.2) is 0 Å². The summed E-state index contributed by atoms with van der Waals surface area (Å²) < 4.78 is 7.26. The first-order valence-electron chi connectivity index (χ1n) is 10.1. The minimum Gasteiger partial charge on any atom is -0.497 e. The third-order valence-corrected chi connectivity index (χ3v) is 5.88. The summed E-state index contributed by atoms with van der Waals surface area (Å²) >= 11 is 1.38. The van der Waals surface area contributed by atoms with Crippen LogP contribution < -0.4 is 15.0 Å². The van der Waals surface area contributed by atoms with Gasteiger partial charge in [-0.05, 0) is 43.5 Å². The Morgan fingerprint density at radius 3 is 2.63 bits per heavy atom. The van der Waals surface area contributed by atoms with E-state index in [-0.39, 0.29) is 11.7 Å². The molecule has 3 aromatic rings. The zero-order valence-corrected chi connectivity index (χ0v) is 17.8. The predicted molar refractivity (Wildman–Crippen MR) is 120 cm³/mol. The smallest absolute Gasteiger partial charge is 0.234 e. The van der Waals surface area contributed by atoms with Crippen LogP contribution in [-0.2, 0) is 4.79 Å². The van der Waals surface area contributed by atoms with Crippen molar-refractivity contribution in [2.24, 2.45) is 0 Å². The van der Waals surface area contributed by atoms with Crippen LogP contribution in [0.2, 0.25) is 0 Å². The Kier molecular flexibility index (Phi) is 6.53. The first-order chi connectivity index (χ1) is 14.7. The van der Waals surface area contributed by atoms with Crippen molar-refractivity contribution in [1.29, 1.82) is 0 Å². The van der Waals surface area contributed by atoms with Crippen LogP contribution in [0.3, 0.4) is 0 Å². The van der Waals surface area contributed by atoms with Crippen molar-refractivity contribution in [2.75, 3.05) is 36.2 Å². The Bertz CT molecular complexity index is 986. The van der Waals surface area contributed by atoms with Gasteiger partial charge in [0.05, 0.1) is 18.6 Å². The molecule has 1 amide bonds. The number of para-hydroxylation sites is 1. The van der Waals surface area contributed by atoms with Crippen molar-refractivity contribution in [1.82, 2.24) is 14.8 Å². The van der Waals surface area contributed by atoms with Gasteiger partial charge in [-0.1, -0.05) is 36.0 Å². The van der Waals surface area contributed by atoms with Gasteiger partial charge in [0.2, 0.25) is 11.9 Å². The Balaban J connectivity index is 1.50. The number of hydrogen-bond acceptors (Lipinski definition) is 6. The number of aromatic nitrogens is 3. The fraction of sp³-hybridized carbons (Fsp3) is 0.318. The van der Waals surface area contributed by atoms with Crippen molar-refractivity contribution >= 4 is 29.3 Å². The summed E-state index contributed by atoms with van der Waals surface area (Å²) in [4.78, 5) is 14.8. The van der Waals surface area contributed by atoms with Crippen LogP contribution in [0, 0.1) is 0 Å². The number of methoxy groups -OCH3 is 1. The molecule has 2 heterocycles. The Labute approximate surface area is 180 Å². The molecule has 1 aliphatic rings. The fourth-order valence-corrected chi connectivity index (χ4v) is 4.23. The molecule has 7 nitrogen and oxygen atoms in total. The van der Waals surface area contributed by atoms with E-state index in [1.807, 2.05) is 48.5 Å². The van der Waals surface area contributed by atoms with Crippen LogP contribution in [0.4, 0.5) is 11.6 Å². The summed E-state index contributed by atoms with van der Waals surface area (Å²) in [5, 5.41) is 12.5. The van der Waals surface area contributed by atoms with Crippen molar-refractivity contribution in [3.8, 4) is 11.4 Å². The normalized spacial score (nSPS) is 13.8. The fourth-order valence-electron chi connectivity index (χ4n) is 3.49. The summed E-state index contributed by atoms with van der Waals surface area (Å²) in [6, 6.07) is 17.4. The molecule has 0 bridgehead atoms. The Morgan fingerprint density at radius 1 is 1.07 bits per heavy atom. The van der Waals surface area contributed by atoms with Gasteiger partial charge in [0.1, 0.15) is 5.75 Å². The lowest BCUT2D eigenvalue weighted by atomic mass is 10.1. The molecule has 2 aromatic carbocycles. The molecule has 0 radical (unpaired) electrons. The van der Waals surface area contributed by atoms with Gasteiger partial charge in [0, 0.05) is 24.8 Å². The summed E-state index contributed by atoms with van der Waals surface area (Å²) in [5.74, 6) is 1.68. The zero-order valence-electron chi connectivity index (χ0n) is 17.0. The molecule has 0 spiro atoms. The van der Waals surface area contributed by atoms with Gasteiger partial charge in [-0.2, -0.15) is 0 Å². The number of rotatable bonds is 7. The highest BCUT2D eigenvalue weighted by molar-refractivity contribution is 7.99. The maximum absolute atomic E-state index is 12.5. The molecule has 1 fully saturated rings. The number of amides is 1. The number of carbonyl (C=O) groups excluding carboxylic acids is 1. The second kappa shape index (κ2) is 9.67. The van der Waals surface area contributed by atoms with Gasteiger partial charge in [-0.3, -0.25) is 9.36 Å². The average molecular weight is 424 g/mol. The molecule has 156 valence electrons. The summed E-state index contributed by atoms with van der Waals surface area (Å²) in [6.45, 7) is 1.96. The number of piperidine rings is 1. The van der Waals surface area contributed by atoms with E-state index in [9.17, 15) is 4.79 Å². The molecule has 1 N–H and O–H groups in total. The maximum Gasteiger partial charge on any atom is 0.234 e. The van der Waals surface area contributed by atoms with Gasteiger partial charge in [0.15, 0.2) is 5.16 Å². The number of nitrogens with zero attached hydrogens (tertiary/aromatic N) is 4. The largest absolute Gasteiger partial charge is 0.497 e. The number of nitrogens with one attached hydrogen (secondary N) is 1. The van der Waals surface area contributed by atoms with Gasteiger partial charge in [-0.15, -0.1) is 10.2 Å². The van der Waals surface area contributed by atoms with E-state index in [1.54, 1.807) is 13.2 Å². The standard InChI is InChI=1S/C22H25N5O2S/c1-29-19-12-8-9-17(15-19)23-20(28)16-30-22-25-24-21(26-13-6-3-7-14-26)27(22)18-10-4-2-5-11-18/h2,4-5,8-12,15H,3,6-7,13-14,16H2,1H3,(H,23,28). The Morgan fingerprint density at radius 2 is 1.87 bits per heavy atom. The van der Waals surface area contributed by atoms with Crippen LogP contribution >= 0.6 is 11.8 Å². The van der Waals surface area contributed by atoms with Crippen molar-refractivity contribution in [3.05, 3.63) is 54.6 Å². The van der Waals surface area contributed by atoms with Crippen LogP contribution in [-0.4, -0.2) is 46.6 Å². The number of benzene rings is 2. The SMILES string of the molecule is COc1cccc(NC(=O)CSc2nnc(N3CCCCC3)n2-c2ccccc2)c1. The summed E-state index contributed by atoms with van der Waals surface area (Å²) in [6.07, 6.45) is 3.57. The van der Waals surface area contributed by atoms with Gasteiger partial charge < -0.3 is 15.0 Å². The number of thioether (sulfide) groups is 1. The van der Waals surface area contributed by atoms with E-state index in [1.165, 1.54) is 18.2 Å². The summed E-state index contributed by atoms with van der Waals surface area (Å²) in [5.41, 5.74) is 1.71. The van der Waals surface area contributed by atoms with Crippen molar-refractivity contribution in [2.45, 2.75) is 24.4 Å². The van der Waals surface area contributed by atoms with Crippen molar-refractivity contribution < 1.29 is 9.53 Å². The van der Waals surface area contributed by atoms with Crippen LogP contribution in [0.25, 0.3) is 5.69 Å². The average Bonchev–Trinajstić information content (AvgIpc) is 3.23. The molecule has 0 saturated carbocycles. The highest BCUT2D eigenvalue weighted by atomic mass is 32.2.